The number of pyridine rings is 1. The number of ether oxygens (including phenoxy) is 1. The van der Waals surface area contributed by atoms with Gasteiger partial charge in [0.15, 0.2) is 17.4 Å². The maximum atomic E-state index is 13.6. The van der Waals surface area contributed by atoms with E-state index in [0.717, 1.165) is 37.4 Å². The van der Waals surface area contributed by atoms with E-state index in [1.54, 1.807) is 12.1 Å². The highest BCUT2D eigenvalue weighted by Gasteiger charge is 2.55. The van der Waals surface area contributed by atoms with Gasteiger partial charge < -0.3 is 9.64 Å². The van der Waals surface area contributed by atoms with Gasteiger partial charge in [-0.25, -0.2) is 9.37 Å². The Morgan fingerprint density at radius 3 is 2.59 bits per heavy atom. The lowest BCUT2D eigenvalue weighted by molar-refractivity contribution is -0.182. The quantitative estimate of drug-likeness (QED) is 0.432. The Hall–Kier alpha value is -2.92. The average Bonchev–Trinajstić information content (AvgIpc) is 3.11. The molecule has 1 aliphatic carbocycles. The number of aromatic nitrogens is 4. The normalized spacial score (nSPS) is 20.0. The Labute approximate surface area is 216 Å². The van der Waals surface area contributed by atoms with Crippen LogP contribution in [0.25, 0.3) is 5.69 Å². The average molecular weight is 537 g/mol. The predicted octanol–water partition coefficient (Wildman–Crippen LogP) is 5.11. The highest BCUT2D eigenvalue weighted by molar-refractivity contribution is 6.30. The summed E-state index contributed by atoms with van der Waals surface area (Å²) in [4.78, 5) is 7.65. The molecule has 2 aromatic heterocycles. The van der Waals surface area contributed by atoms with Gasteiger partial charge in [-0.1, -0.05) is 11.6 Å². The number of rotatable bonds is 4. The Balaban J connectivity index is 1.24. The second-order valence-electron chi connectivity index (χ2n) is 10.3. The van der Waals surface area contributed by atoms with Crippen LogP contribution in [-0.2, 0) is 13.1 Å². The fourth-order valence-corrected chi connectivity index (χ4v) is 6.13. The SMILES string of the molecule is COc1cc(F)cnc1N1CC2(CC(c3nnc4n3-c3ccc(Cl)cc3CN(C(C)C(F)(F)F)C4)C2)C1. The molecule has 1 saturated carbocycles. The Bertz CT molecular complexity index is 1350. The second-order valence-corrected chi connectivity index (χ2v) is 10.8. The van der Waals surface area contributed by atoms with E-state index in [1.165, 1.54) is 31.2 Å². The highest BCUT2D eigenvalue weighted by Crippen LogP contribution is 2.57. The minimum absolute atomic E-state index is 0.0294. The van der Waals surface area contributed by atoms with Gasteiger partial charge in [-0.05, 0) is 43.5 Å². The minimum Gasteiger partial charge on any atom is -0.493 e. The van der Waals surface area contributed by atoms with Crippen LogP contribution in [0.1, 0.15) is 42.9 Å². The van der Waals surface area contributed by atoms with Gasteiger partial charge >= 0.3 is 6.18 Å². The van der Waals surface area contributed by atoms with Gasteiger partial charge in [0.1, 0.15) is 17.7 Å². The number of hydrogen-bond donors (Lipinski definition) is 0. The summed E-state index contributed by atoms with van der Waals surface area (Å²) < 4.78 is 61.6. The standard InChI is InChI=1S/C25H25ClF4N6O/c1-14(25(28,29)30)34-10-15-5-17(26)3-4-19(15)36-21(11-34)32-33-22(36)16-7-24(8-16)12-35(13-24)23-20(37-2)6-18(27)9-31-23/h3-6,9,14,16H,7-8,10-13H2,1-2H3. The number of methoxy groups -OCH3 is 1. The fraction of sp³-hybridized carbons (Fsp3) is 0.480. The molecule has 1 atom stereocenters. The third-order valence-corrected chi connectivity index (χ3v) is 8.11. The third kappa shape index (κ3) is 4.12. The van der Waals surface area contributed by atoms with Crippen molar-refractivity contribution < 1.29 is 22.3 Å². The summed E-state index contributed by atoms with van der Waals surface area (Å²) in [5.74, 6) is 1.96. The Morgan fingerprint density at radius 2 is 1.89 bits per heavy atom. The molecule has 0 bridgehead atoms. The number of hydrogen-bond acceptors (Lipinski definition) is 6. The molecule has 2 fully saturated rings. The van der Waals surface area contributed by atoms with Gasteiger partial charge in [0.05, 0.1) is 25.5 Å². The third-order valence-electron chi connectivity index (χ3n) is 7.87. The lowest BCUT2D eigenvalue weighted by atomic mass is 9.57. The summed E-state index contributed by atoms with van der Waals surface area (Å²) in [5, 5.41) is 9.27. The molecule has 1 aromatic carbocycles. The zero-order valence-corrected chi connectivity index (χ0v) is 21.0. The van der Waals surface area contributed by atoms with Crippen LogP contribution in [-0.4, -0.2) is 57.1 Å². The number of anilines is 1. The van der Waals surface area contributed by atoms with Crippen molar-refractivity contribution in [1.82, 2.24) is 24.6 Å². The van der Waals surface area contributed by atoms with Gasteiger partial charge in [-0.15, -0.1) is 10.2 Å². The molecule has 3 aliphatic rings. The van der Waals surface area contributed by atoms with Crippen LogP contribution in [0.3, 0.4) is 0 Å². The van der Waals surface area contributed by atoms with Crippen molar-refractivity contribution in [3.05, 3.63) is 58.5 Å². The first-order valence-electron chi connectivity index (χ1n) is 12.1. The van der Waals surface area contributed by atoms with E-state index >= 15 is 0 Å². The lowest BCUT2D eigenvalue weighted by Gasteiger charge is -2.59. The molecule has 1 spiro atoms. The van der Waals surface area contributed by atoms with Crippen molar-refractivity contribution in [3.63, 3.8) is 0 Å². The molecule has 1 saturated heterocycles. The van der Waals surface area contributed by atoms with Crippen LogP contribution >= 0.6 is 11.6 Å². The van der Waals surface area contributed by atoms with E-state index < -0.39 is 18.0 Å². The van der Waals surface area contributed by atoms with E-state index in [2.05, 4.69) is 20.1 Å². The van der Waals surface area contributed by atoms with E-state index in [1.807, 2.05) is 10.6 Å². The summed E-state index contributed by atoms with van der Waals surface area (Å²) in [7, 11) is 1.49. The van der Waals surface area contributed by atoms with Gasteiger partial charge in [0.25, 0.3) is 0 Å². The van der Waals surface area contributed by atoms with Crippen LogP contribution in [0.15, 0.2) is 30.5 Å². The van der Waals surface area contributed by atoms with Gasteiger partial charge in [0, 0.05) is 42.1 Å². The maximum Gasteiger partial charge on any atom is 0.403 e. The molecule has 6 rings (SSSR count). The first-order valence-corrected chi connectivity index (χ1v) is 12.4. The molecule has 1 unspecified atom stereocenters. The molecule has 37 heavy (non-hydrogen) atoms. The second kappa shape index (κ2) is 8.56. The summed E-state index contributed by atoms with van der Waals surface area (Å²) in [6, 6.07) is 4.99. The van der Waals surface area contributed by atoms with Crippen LogP contribution in [0.5, 0.6) is 5.75 Å². The molecule has 7 nitrogen and oxygen atoms in total. The molecular formula is C25H25ClF4N6O. The zero-order valence-electron chi connectivity index (χ0n) is 20.3. The number of fused-ring (bicyclic) bond motifs is 3. The van der Waals surface area contributed by atoms with Crippen molar-refractivity contribution in [1.29, 1.82) is 0 Å². The molecule has 0 radical (unpaired) electrons. The molecule has 12 heteroatoms. The van der Waals surface area contributed by atoms with Gasteiger partial charge in [-0.2, -0.15) is 13.2 Å². The predicted molar refractivity (Wildman–Crippen MR) is 129 cm³/mol. The fourth-order valence-electron chi connectivity index (χ4n) is 5.94. The first-order chi connectivity index (χ1) is 17.6. The smallest absolute Gasteiger partial charge is 0.403 e. The summed E-state index contributed by atoms with van der Waals surface area (Å²) in [6.07, 6.45) is -1.44. The lowest BCUT2D eigenvalue weighted by Crippen LogP contribution is -2.62. The molecular weight excluding hydrogens is 512 g/mol. The van der Waals surface area contributed by atoms with E-state index in [-0.39, 0.29) is 24.4 Å². The Morgan fingerprint density at radius 1 is 1.14 bits per heavy atom. The highest BCUT2D eigenvalue weighted by atomic mass is 35.5. The topological polar surface area (TPSA) is 59.3 Å². The van der Waals surface area contributed by atoms with Crippen molar-refractivity contribution >= 4 is 17.4 Å². The van der Waals surface area contributed by atoms with Gasteiger partial charge in [0.2, 0.25) is 0 Å². The first kappa shape index (κ1) is 24.4. The minimum atomic E-state index is -4.37. The maximum absolute atomic E-state index is 13.6. The van der Waals surface area contributed by atoms with Gasteiger partial charge in [-0.3, -0.25) is 9.47 Å². The largest absolute Gasteiger partial charge is 0.493 e. The molecule has 0 N–H and O–H groups in total. The van der Waals surface area contributed by atoms with Crippen molar-refractivity contribution in [3.8, 4) is 11.4 Å². The molecule has 2 aliphatic heterocycles. The molecule has 3 aromatic rings. The molecule has 0 amide bonds. The summed E-state index contributed by atoms with van der Waals surface area (Å²) >= 11 is 6.23. The number of alkyl halides is 3. The monoisotopic (exact) mass is 536 g/mol. The summed E-state index contributed by atoms with van der Waals surface area (Å²) in [5.41, 5.74) is 1.57. The van der Waals surface area contributed by atoms with Crippen LogP contribution in [0.2, 0.25) is 5.02 Å². The van der Waals surface area contributed by atoms with E-state index in [9.17, 15) is 17.6 Å². The zero-order chi connectivity index (χ0) is 26.1. The summed E-state index contributed by atoms with van der Waals surface area (Å²) in [6.45, 7) is 2.84. The van der Waals surface area contributed by atoms with Crippen molar-refractivity contribution in [2.75, 3.05) is 25.1 Å². The number of nitrogens with zero attached hydrogens (tertiary/aromatic N) is 6. The van der Waals surface area contributed by atoms with Crippen molar-refractivity contribution in [2.45, 2.75) is 51.0 Å². The van der Waals surface area contributed by atoms with Crippen LogP contribution < -0.4 is 9.64 Å². The Kier molecular flexibility index (Phi) is 5.65. The van der Waals surface area contributed by atoms with Crippen LogP contribution in [0, 0.1) is 11.2 Å². The van der Waals surface area contributed by atoms with Crippen LogP contribution in [0.4, 0.5) is 23.4 Å². The molecule has 196 valence electrons. The number of halogens is 5. The number of benzene rings is 1. The van der Waals surface area contributed by atoms with E-state index in [4.69, 9.17) is 16.3 Å². The van der Waals surface area contributed by atoms with E-state index in [0.29, 0.717) is 28.0 Å². The van der Waals surface area contributed by atoms with Crippen molar-refractivity contribution in [2.24, 2.45) is 5.41 Å². The molecule has 4 heterocycles.